The molecule has 122 heavy (non-hydrogen) atoms. The van der Waals surface area contributed by atoms with Crippen LogP contribution in [0.3, 0.4) is 0 Å². The van der Waals surface area contributed by atoms with Gasteiger partial charge in [0.25, 0.3) is 0 Å². The van der Waals surface area contributed by atoms with Gasteiger partial charge in [-0.05, 0) is 189 Å². The van der Waals surface area contributed by atoms with Crippen LogP contribution in [0.1, 0.15) is 112 Å². The number of rotatable bonds is 9. The minimum atomic E-state index is -0.978. The third-order valence-corrected chi connectivity index (χ3v) is 24.4. The lowest BCUT2D eigenvalue weighted by Gasteiger charge is -2.53. The van der Waals surface area contributed by atoms with E-state index in [2.05, 4.69) is 0 Å². The second-order valence-electron chi connectivity index (χ2n) is 32.4. The quantitative estimate of drug-likeness (QED) is 0.0541. The first kappa shape index (κ1) is 88.1. The molecule has 0 radical (unpaired) electrons. The molecule has 7 aromatic rings. The molecule has 0 bridgehead atoms. The Kier molecular flexibility index (Phi) is 26.4. The number of allylic oxidation sites excluding steroid dienone is 2. The Morgan fingerprint density at radius 1 is 0.434 bits per heavy atom. The fraction of sp³-hybridized carbons (Fsp3) is 0.425. The van der Waals surface area contributed by atoms with Crippen molar-refractivity contribution in [1.29, 1.82) is 0 Å². The summed E-state index contributed by atoms with van der Waals surface area (Å²) in [5.74, 6) is -7.92. The Bertz CT molecular complexity index is 5240. The van der Waals surface area contributed by atoms with Crippen molar-refractivity contribution in [2.75, 3.05) is 0 Å². The van der Waals surface area contributed by atoms with E-state index in [-0.39, 0.29) is 171 Å². The molecule has 1 saturated carbocycles. The van der Waals surface area contributed by atoms with Crippen molar-refractivity contribution in [3.05, 3.63) is 177 Å². The zero-order chi connectivity index (χ0) is 87.9. The van der Waals surface area contributed by atoms with E-state index < -0.39 is 138 Å². The molecule has 5 fully saturated rings. The number of hydrogen-bond donors (Lipinski definition) is 25. The van der Waals surface area contributed by atoms with E-state index in [4.69, 9.17) is 43.4 Å². The van der Waals surface area contributed by atoms with Crippen molar-refractivity contribution < 1.29 is 170 Å². The van der Waals surface area contributed by atoms with E-state index >= 15 is 0 Å². The van der Waals surface area contributed by atoms with E-state index in [9.17, 15) is 132 Å². The van der Waals surface area contributed by atoms with Gasteiger partial charge in [0, 0.05) is 78.3 Å². The smallest absolute Gasteiger partial charge is 0.311 e. The zero-order valence-electron chi connectivity index (χ0n) is 65.0. The predicted octanol–water partition coefficient (Wildman–Crippen LogP) is 6.50. The lowest BCUT2D eigenvalue weighted by Crippen LogP contribution is -2.58. The Labute approximate surface area is 693 Å². The molecule has 21 unspecified atom stereocenters. The average Bonchev–Trinajstić information content (AvgIpc) is 0.732. The number of ether oxygens (including phenoxy) is 5. The molecule has 654 valence electrons. The molecule has 23 atom stereocenters. The van der Waals surface area contributed by atoms with Gasteiger partial charge in [0.2, 0.25) is 11.2 Å². The monoisotopic (exact) mass is 1700 g/mol. The van der Waals surface area contributed by atoms with Crippen LogP contribution in [0.2, 0.25) is 0 Å². The fourth-order valence-electron chi connectivity index (χ4n) is 18.3. The summed E-state index contributed by atoms with van der Waals surface area (Å²) in [7, 11) is 0. The number of aliphatic hydroxyl groups excluding tert-OH is 11. The molecule has 25 N–H and O–H groups in total. The summed E-state index contributed by atoms with van der Waals surface area (Å²) < 4.78 is 34.9. The molecule has 17 rings (SSSR count). The molecule has 5 aliphatic carbocycles. The van der Waals surface area contributed by atoms with Crippen molar-refractivity contribution in [2.45, 2.75) is 175 Å². The van der Waals surface area contributed by atoms with Crippen molar-refractivity contribution in [3.63, 3.8) is 0 Å². The Hall–Kier alpha value is -11.7. The molecular weight excluding hydrogens is 1600 g/mol. The second kappa shape index (κ2) is 36.5. The van der Waals surface area contributed by atoms with Gasteiger partial charge in [-0.1, -0.05) is 18.2 Å². The largest absolute Gasteiger partial charge is 0.510 e. The maximum absolute atomic E-state index is 12.4. The van der Waals surface area contributed by atoms with Gasteiger partial charge in [-0.25, -0.2) is 0 Å². The van der Waals surface area contributed by atoms with Gasteiger partial charge in [-0.3, -0.25) is 19.2 Å². The number of aliphatic hydroxyl groups is 11. The van der Waals surface area contributed by atoms with Crippen LogP contribution in [0.15, 0.2) is 154 Å². The van der Waals surface area contributed by atoms with Crippen LogP contribution in [0.25, 0.3) is 22.3 Å². The highest BCUT2D eigenvalue weighted by atomic mass is 16.6. The van der Waals surface area contributed by atoms with E-state index in [0.29, 0.717) is 91.6 Å². The standard InChI is InChI=1S/C24H34O9.C24H28O9.C15H10O7.C15H14O6.C9H10O4/c2*25-14-3-1-10(5-17(14)28)12-8-21(31)32-20-9-16(27)13-7-19(30)23(33-24(13)22(12)20)11-2-4-15(26)18(29)6-11;16-7-4-10(19)12-11(5-7)22-15(14(21)13(12)20)6-1-2-8(17)9(18)3-6;16-8-4-11(18)9-6-13(20)15(21-14(9)5-8)7-1-2-10(17)12(19)3-7;10-7-3-1-6(5-8(7)11)2-4-9(12)13/h3,9-13,15-19,22-30H,1-2,4-8H2;2,4-6,9-10,12-14,16,19,22-30H,1,3,7-8H2;1-5,16-19,21H;1-5,13,15-20H,6H2;1,3,5,10-11H,2,4H2,(H,12,13)/t10?,11?,12-,13?,15?,16?,17?,18?,19?,22?,23?,24?;10?,12-,13?,14?,16?,19?,22?,23?,24?;;;/m10.../s1. The van der Waals surface area contributed by atoms with Gasteiger partial charge in [-0.2, -0.15) is 0 Å². The van der Waals surface area contributed by atoms with E-state index in [1.807, 2.05) is 0 Å². The molecule has 0 amide bonds. The van der Waals surface area contributed by atoms with Crippen molar-refractivity contribution in [2.24, 2.45) is 53.3 Å². The number of hydrogen-bond acceptors (Lipinski definition) is 34. The lowest BCUT2D eigenvalue weighted by molar-refractivity contribution is -0.220. The number of esters is 2. The van der Waals surface area contributed by atoms with E-state index in [0.717, 1.165) is 24.3 Å². The SMILES string of the molecule is O=C(O)CCc1ccc(O)c(O)c1.O=C1C[C@@H](C2C=C(O)C(O)CC2)C2C(=CC(O)C3CC(O)C(c4ccc(O)c(O)c4)OC32)O1.O=C1C[C@H](C2CC=C(O)C(O)C2)C2C(=CC(O)C3CC(O)C(C4CCC(O)C(O)C4)OC32)O1.O=c1c(O)c(-c2ccc(O)c(O)c2)oc2cc(O)cc(O)c12.Oc1cc(O)c2c(c1)OC(c1ccc(O)c(O)c1)C(O)C2. The lowest BCUT2D eigenvalue weighted by atomic mass is 9.63. The third kappa shape index (κ3) is 19.0. The highest BCUT2D eigenvalue weighted by molar-refractivity contribution is 5.88. The number of phenolic OH excluding ortho intramolecular Hbond substituents is 12. The van der Waals surface area contributed by atoms with Gasteiger partial charge in [0.15, 0.2) is 51.8 Å². The van der Waals surface area contributed by atoms with Crippen LogP contribution in [-0.2, 0) is 46.2 Å². The first-order chi connectivity index (χ1) is 57.9. The molecule has 6 aromatic carbocycles. The first-order valence-electron chi connectivity index (χ1n) is 39.7. The van der Waals surface area contributed by atoms with Crippen molar-refractivity contribution >= 4 is 28.9 Å². The number of phenols is 12. The normalized spacial score (nSPS) is 31.2. The highest BCUT2D eigenvalue weighted by Gasteiger charge is 2.57. The maximum Gasteiger partial charge on any atom is 0.311 e. The van der Waals surface area contributed by atoms with Crippen molar-refractivity contribution in [3.8, 4) is 91.8 Å². The van der Waals surface area contributed by atoms with Crippen LogP contribution < -0.4 is 10.2 Å². The molecule has 0 spiro atoms. The van der Waals surface area contributed by atoms with Crippen LogP contribution in [0.5, 0.6) is 80.5 Å². The van der Waals surface area contributed by atoms with Crippen LogP contribution >= 0.6 is 0 Å². The Balaban J connectivity index is 0.000000136. The van der Waals surface area contributed by atoms with Gasteiger partial charge >= 0.3 is 17.9 Å². The number of carboxylic acids is 1. The number of fused-ring (bicyclic) bond motifs is 8. The fourth-order valence-corrected chi connectivity index (χ4v) is 18.3. The summed E-state index contributed by atoms with van der Waals surface area (Å²) in [6.07, 6.45) is -0.645. The molecule has 1 aromatic heterocycles. The Morgan fingerprint density at radius 3 is 1.60 bits per heavy atom. The number of benzene rings is 6. The number of carboxylic acid groups (broad SMARTS) is 1. The van der Waals surface area contributed by atoms with Gasteiger partial charge < -0.3 is 156 Å². The molecule has 5 aliphatic heterocycles. The third-order valence-electron chi connectivity index (χ3n) is 24.4. The zero-order valence-corrected chi connectivity index (χ0v) is 65.0. The number of aliphatic carboxylic acids is 1. The molecule has 4 saturated heterocycles. The summed E-state index contributed by atoms with van der Waals surface area (Å²) in [6, 6.07) is 20.8. The topological polar surface area (TPSA) is 633 Å². The summed E-state index contributed by atoms with van der Waals surface area (Å²) in [6.45, 7) is 0. The van der Waals surface area contributed by atoms with E-state index in [1.54, 1.807) is 30.4 Å². The van der Waals surface area contributed by atoms with Gasteiger partial charge in [0.1, 0.15) is 87.2 Å². The number of carbonyl (C=O) groups is 3. The molecule has 35 heteroatoms. The van der Waals surface area contributed by atoms with Crippen LogP contribution in [0.4, 0.5) is 0 Å². The molecule has 35 nitrogen and oxygen atoms in total. The second-order valence-corrected chi connectivity index (χ2v) is 32.4. The summed E-state index contributed by atoms with van der Waals surface area (Å²) in [5, 5.41) is 245. The number of carbonyl (C=O) groups excluding carboxylic acids is 2. The highest BCUT2D eigenvalue weighted by Crippen LogP contribution is 2.55. The van der Waals surface area contributed by atoms with Crippen LogP contribution in [-0.4, -0.2) is 219 Å². The Morgan fingerprint density at radius 2 is 1.00 bits per heavy atom. The minimum Gasteiger partial charge on any atom is -0.510 e. The summed E-state index contributed by atoms with van der Waals surface area (Å²) >= 11 is 0. The number of aromatic hydroxyl groups is 13. The number of aryl methyl sites for hydroxylation is 1. The summed E-state index contributed by atoms with van der Waals surface area (Å²) in [5.41, 5.74) is 1.17. The van der Waals surface area contributed by atoms with Crippen molar-refractivity contribution in [1.82, 2.24) is 0 Å². The first-order valence-corrected chi connectivity index (χ1v) is 39.7. The summed E-state index contributed by atoms with van der Waals surface area (Å²) in [4.78, 5) is 47.1. The predicted molar refractivity (Wildman–Crippen MR) is 421 cm³/mol. The average molecular weight is 1700 g/mol. The molecule has 10 aliphatic rings. The maximum atomic E-state index is 12.4. The molecular formula is C87H96O35. The van der Waals surface area contributed by atoms with Gasteiger partial charge in [-0.15, -0.1) is 0 Å². The van der Waals surface area contributed by atoms with E-state index in [1.165, 1.54) is 66.7 Å². The van der Waals surface area contributed by atoms with Gasteiger partial charge in [0.05, 0.1) is 67.5 Å². The minimum absolute atomic E-state index is 0.0181. The van der Waals surface area contributed by atoms with Crippen LogP contribution in [0, 0.1) is 53.3 Å². The molecule has 6 heterocycles.